The predicted molar refractivity (Wildman–Crippen MR) is 74.3 cm³/mol. The second-order valence-corrected chi connectivity index (χ2v) is 4.79. The molecule has 0 spiro atoms. The molecule has 0 unspecified atom stereocenters. The molecule has 0 saturated carbocycles. The summed E-state index contributed by atoms with van der Waals surface area (Å²) in [5.74, 6) is -0.400. The van der Waals surface area contributed by atoms with Gasteiger partial charge in [-0.2, -0.15) is 0 Å². The Kier molecular flexibility index (Phi) is 5.36. The number of carbonyl (C=O) groups excluding carboxylic acids is 2. The van der Waals surface area contributed by atoms with Gasteiger partial charge in [-0.1, -0.05) is 6.07 Å². The normalized spacial score (nSPS) is 10.4. The summed E-state index contributed by atoms with van der Waals surface area (Å²) in [6.07, 6.45) is -0.173. The minimum atomic E-state index is -0.400. The van der Waals surface area contributed by atoms with Gasteiger partial charge in [-0.15, -0.1) is 0 Å². The third-order valence-electron chi connectivity index (χ3n) is 2.12. The fourth-order valence-electron chi connectivity index (χ4n) is 1.44. The molecule has 1 aromatic rings. The second kappa shape index (κ2) is 6.78. The number of nitrogens with one attached hydrogen (secondary N) is 2. The number of ether oxygens (including phenoxy) is 1. The van der Waals surface area contributed by atoms with Gasteiger partial charge in [0.05, 0.1) is 11.7 Å². The Balaban J connectivity index is 2.72. The Morgan fingerprint density at radius 3 is 2.42 bits per heavy atom. The van der Waals surface area contributed by atoms with Crippen LogP contribution in [0.4, 0.5) is 10.5 Å². The summed E-state index contributed by atoms with van der Waals surface area (Å²) < 4.78 is 5.09. The van der Waals surface area contributed by atoms with E-state index in [9.17, 15) is 9.59 Å². The first-order chi connectivity index (χ1) is 8.88. The van der Waals surface area contributed by atoms with E-state index in [0.29, 0.717) is 11.3 Å². The highest BCUT2D eigenvalue weighted by molar-refractivity contribution is 5.94. The van der Waals surface area contributed by atoms with Crippen LogP contribution in [0.2, 0.25) is 0 Å². The van der Waals surface area contributed by atoms with Crippen LogP contribution in [0.1, 0.15) is 38.1 Å². The van der Waals surface area contributed by atoms with E-state index in [1.165, 1.54) is 0 Å². The number of carbonyl (C=O) groups is 2. The number of anilines is 1. The lowest BCUT2D eigenvalue weighted by molar-refractivity contribution is 0.0378. The Morgan fingerprint density at radius 1 is 1.16 bits per heavy atom. The molecular weight excluding hydrogens is 244 g/mol. The zero-order valence-electron chi connectivity index (χ0n) is 11.7. The molecule has 0 fully saturated rings. The summed E-state index contributed by atoms with van der Waals surface area (Å²) in [5.41, 5.74) is 0.965. The van der Waals surface area contributed by atoms with Gasteiger partial charge < -0.3 is 15.4 Å². The molecule has 0 atom stereocenters. The van der Waals surface area contributed by atoms with Crippen molar-refractivity contribution < 1.29 is 14.3 Å². The summed E-state index contributed by atoms with van der Waals surface area (Å²) in [6.45, 7) is 7.32. The molecule has 0 aliphatic heterocycles. The molecule has 0 saturated heterocycles. The first kappa shape index (κ1) is 15.0. The van der Waals surface area contributed by atoms with E-state index in [4.69, 9.17) is 4.74 Å². The molecular formula is C14H20N2O3. The molecule has 0 bridgehead atoms. The predicted octanol–water partition coefficient (Wildman–Crippen LogP) is 2.78. The maximum absolute atomic E-state index is 11.7. The zero-order valence-corrected chi connectivity index (χ0v) is 11.7. The van der Waals surface area contributed by atoms with E-state index >= 15 is 0 Å². The number of benzene rings is 1. The van der Waals surface area contributed by atoms with Crippen molar-refractivity contribution in [1.29, 1.82) is 0 Å². The smallest absolute Gasteiger partial charge is 0.338 e. The first-order valence-electron chi connectivity index (χ1n) is 6.27. The van der Waals surface area contributed by atoms with Crippen molar-refractivity contribution in [2.75, 3.05) is 5.32 Å². The summed E-state index contributed by atoms with van der Waals surface area (Å²) in [4.78, 5) is 23.3. The maximum Gasteiger partial charge on any atom is 0.338 e. The molecule has 2 N–H and O–H groups in total. The molecule has 0 aromatic heterocycles. The molecule has 19 heavy (non-hydrogen) atoms. The van der Waals surface area contributed by atoms with Gasteiger partial charge in [0, 0.05) is 11.7 Å². The van der Waals surface area contributed by atoms with Crippen molar-refractivity contribution in [3.05, 3.63) is 29.8 Å². The van der Waals surface area contributed by atoms with Crippen LogP contribution in [-0.4, -0.2) is 24.1 Å². The molecule has 2 amide bonds. The highest BCUT2D eigenvalue weighted by atomic mass is 16.5. The number of esters is 1. The van der Waals surface area contributed by atoms with Gasteiger partial charge in [0.25, 0.3) is 0 Å². The highest BCUT2D eigenvalue weighted by Crippen LogP contribution is 2.12. The van der Waals surface area contributed by atoms with Gasteiger partial charge in [-0.3, -0.25) is 0 Å². The molecule has 0 heterocycles. The van der Waals surface area contributed by atoms with Crippen molar-refractivity contribution in [1.82, 2.24) is 5.32 Å². The molecule has 104 valence electrons. The lowest BCUT2D eigenvalue weighted by Gasteiger charge is -2.11. The van der Waals surface area contributed by atoms with E-state index in [0.717, 1.165) is 0 Å². The number of urea groups is 1. The lowest BCUT2D eigenvalue weighted by Crippen LogP contribution is -2.34. The molecule has 0 aliphatic rings. The maximum atomic E-state index is 11.7. The minimum Gasteiger partial charge on any atom is -0.459 e. The second-order valence-electron chi connectivity index (χ2n) is 4.79. The lowest BCUT2D eigenvalue weighted by atomic mass is 10.2. The molecule has 5 nitrogen and oxygen atoms in total. The van der Waals surface area contributed by atoms with E-state index < -0.39 is 5.97 Å². The molecule has 1 rings (SSSR count). The zero-order chi connectivity index (χ0) is 14.4. The third kappa shape index (κ3) is 5.42. The number of hydrogen-bond donors (Lipinski definition) is 2. The van der Waals surface area contributed by atoms with Crippen molar-refractivity contribution in [3.63, 3.8) is 0 Å². The van der Waals surface area contributed by atoms with Gasteiger partial charge in [0.2, 0.25) is 0 Å². The molecule has 5 heteroatoms. The van der Waals surface area contributed by atoms with E-state index in [1.807, 2.05) is 13.8 Å². The van der Waals surface area contributed by atoms with E-state index in [2.05, 4.69) is 10.6 Å². The summed E-state index contributed by atoms with van der Waals surface area (Å²) >= 11 is 0. The number of hydrogen-bond acceptors (Lipinski definition) is 3. The summed E-state index contributed by atoms with van der Waals surface area (Å²) in [7, 11) is 0. The van der Waals surface area contributed by atoms with Crippen LogP contribution in [0.15, 0.2) is 24.3 Å². The average molecular weight is 264 g/mol. The summed E-state index contributed by atoms with van der Waals surface area (Å²) in [6, 6.07) is 6.40. The SMILES string of the molecule is CC(C)NC(=O)Nc1cccc(C(=O)OC(C)C)c1. The molecule has 0 aliphatic carbocycles. The van der Waals surface area contributed by atoms with E-state index in [-0.39, 0.29) is 18.2 Å². The fourth-order valence-corrected chi connectivity index (χ4v) is 1.44. The van der Waals surface area contributed by atoms with Gasteiger partial charge in [-0.05, 0) is 45.9 Å². The van der Waals surface area contributed by atoms with Crippen molar-refractivity contribution >= 4 is 17.7 Å². The van der Waals surface area contributed by atoms with Crippen LogP contribution in [0.25, 0.3) is 0 Å². The topological polar surface area (TPSA) is 67.4 Å². The Morgan fingerprint density at radius 2 is 1.84 bits per heavy atom. The number of amides is 2. The standard InChI is InChI=1S/C14H20N2O3/c1-9(2)15-14(18)16-12-7-5-6-11(8-12)13(17)19-10(3)4/h5-10H,1-4H3,(H2,15,16,18). The first-order valence-corrected chi connectivity index (χ1v) is 6.27. The van der Waals surface area contributed by atoms with Gasteiger partial charge >= 0.3 is 12.0 Å². The van der Waals surface area contributed by atoms with Crippen molar-refractivity contribution in [3.8, 4) is 0 Å². The third-order valence-corrected chi connectivity index (χ3v) is 2.12. The van der Waals surface area contributed by atoms with Gasteiger partial charge in [0.15, 0.2) is 0 Å². The van der Waals surface area contributed by atoms with E-state index in [1.54, 1.807) is 38.1 Å². The van der Waals surface area contributed by atoms with Crippen LogP contribution < -0.4 is 10.6 Å². The Labute approximate surface area is 113 Å². The quantitative estimate of drug-likeness (QED) is 0.822. The van der Waals surface area contributed by atoms with Crippen LogP contribution in [-0.2, 0) is 4.74 Å². The van der Waals surface area contributed by atoms with Crippen LogP contribution in [0.3, 0.4) is 0 Å². The highest BCUT2D eigenvalue weighted by Gasteiger charge is 2.10. The van der Waals surface area contributed by atoms with Crippen molar-refractivity contribution in [2.45, 2.75) is 39.8 Å². The monoisotopic (exact) mass is 264 g/mol. The fraction of sp³-hybridized carbons (Fsp3) is 0.429. The van der Waals surface area contributed by atoms with Crippen LogP contribution in [0, 0.1) is 0 Å². The van der Waals surface area contributed by atoms with Gasteiger partial charge in [-0.25, -0.2) is 9.59 Å². The number of rotatable bonds is 4. The summed E-state index contributed by atoms with van der Waals surface area (Å²) in [5, 5.41) is 5.37. The average Bonchev–Trinajstić information content (AvgIpc) is 2.27. The van der Waals surface area contributed by atoms with Crippen LogP contribution >= 0.6 is 0 Å². The minimum absolute atomic E-state index is 0.0501. The van der Waals surface area contributed by atoms with Crippen molar-refractivity contribution in [2.24, 2.45) is 0 Å². The molecule has 0 radical (unpaired) electrons. The van der Waals surface area contributed by atoms with Crippen LogP contribution in [0.5, 0.6) is 0 Å². The molecule has 1 aromatic carbocycles. The Hall–Kier alpha value is -2.04. The largest absolute Gasteiger partial charge is 0.459 e. The van der Waals surface area contributed by atoms with Gasteiger partial charge in [0.1, 0.15) is 0 Å². The Bertz CT molecular complexity index is 456.